The van der Waals surface area contributed by atoms with Crippen LogP contribution in [0.4, 0.5) is 0 Å². The Morgan fingerprint density at radius 2 is 2.08 bits per heavy atom. The summed E-state index contributed by atoms with van der Waals surface area (Å²) in [5, 5.41) is 0. The number of allylic oxidation sites excluding steroid dienone is 1. The van der Waals surface area contributed by atoms with Crippen LogP contribution in [-0.2, 0) is 9.47 Å². The summed E-state index contributed by atoms with van der Waals surface area (Å²) >= 11 is 4.74. The van der Waals surface area contributed by atoms with Crippen molar-refractivity contribution >= 4 is 53.1 Å². The van der Waals surface area contributed by atoms with Gasteiger partial charge in [0.15, 0.2) is 0 Å². The van der Waals surface area contributed by atoms with E-state index in [1.54, 1.807) is 0 Å². The van der Waals surface area contributed by atoms with Crippen LogP contribution in [0.15, 0.2) is 12.2 Å². The third-order valence-corrected chi connectivity index (χ3v) is 1.74. The van der Waals surface area contributed by atoms with Gasteiger partial charge in [-0.25, -0.2) is 0 Å². The zero-order valence-corrected chi connectivity index (χ0v) is 13.2. The van der Waals surface area contributed by atoms with Gasteiger partial charge in [0, 0.05) is 13.0 Å². The molecular weight excluding hydrogens is 414 g/mol. The standard InChI is InChI=1S/C7H12BN.2HI.V/c1-6-4-5-7(2)9(6)8-3;;;/h4-6H,1-3H3;2*1H;/q+1;;;+2/p-2. The molecule has 66 valence electrons. The van der Waals surface area contributed by atoms with Crippen LogP contribution < -0.4 is 0 Å². The zero-order chi connectivity index (χ0) is 9.56. The van der Waals surface area contributed by atoms with Gasteiger partial charge in [-0.05, 0) is 19.8 Å². The molecule has 0 amide bonds. The first-order valence-corrected chi connectivity index (χ1v) is 12.7. The van der Waals surface area contributed by atoms with Crippen molar-refractivity contribution in [2.45, 2.75) is 26.7 Å². The molecule has 12 heavy (non-hydrogen) atoms. The van der Waals surface area contributed by atoms with Crippen LogP contribution in [0.3, 0.4) is 0 Å². The summed E-state index contributed by atoms with van der Waals surface area (Å²) in [6, 6.07) is 0.565. The fourth-order valence-corrected chi connectivity index (χ4v) is 1.22. The van der Waals surface area contributed by atoms with Crippen LogP contribution in [0.25, 0.3) is 0 Å². The second-order valence-electron chi connectivity index (χ2n) is 2.47. The van der Waals surface area contributed by atoms with E-state index >= 15 is 0 Å². The van der Waals surface area contributed by atoms with Crippen molar-refractivity contribution in [1.29, 1.82) is 0 Å². The Bertz CT molecular complexity index is 194. The third-order valence-electron chi connectivity index (χ3n) is 1.74. The molecule has 0 aromatic heterocycles. The van der Waals surface area contributed by atoms with E-state index in [1.807, 2.05) is 0 Å². The Morgan fingerprint density at radius 3 is 2.25 bits per heavy atom. The van der Waals surface area contributed by atoms with Crippen LogP contribution in [-0.4, -0.2) is 23.7 Å². The van der Waals surface area contributed by atoms with Gasteiger partial charge in [-0.2, -0.15) is 0 Å². The first kappa shape index (κ1) is 13.5. The number of rotatable bonds is 1. The van der Waals surface area contributed by atoms with Crippen LogP contribution in [0.1, 0.15) is 13.8 Å². The van der Waals surface area contributed by atoms with Gasteiger partial charge in [-0.15, -0.1) is 0 Å². The average molecular weight is 426 g/mol. The number of halogens is 2. The minimum absolute atomic E-state index is 0.565. The van der Waals surface area contributed by atoms with Gasteiger partial charge in [0.05, 0.1) is 0 Å². The Balaban J connectivity index is 0.000000354. The summed E-state index contributed by atoms with van der Waals surface area (Å²) < 4.78 is 2.25. The Hall–Kier alpha value is 1.52. The summed E-state index contributed by atoms with van der Waals surface area (Å²) in [5.74, 6) is 0. The summed E-state index contributed by atoms with van der Waals surface area (Å²) in [6.45, 7) is 6.38. The van der Waals surface area contributed by atoms with Gasteiger partial charge >= 0.3 is 56.8 Å². The fourth-order valence-electron chi connectivity index (χ4n) is 1.22. The second kappa shape index (κ2) is 7.88. The molecular formula is C7H12BI2NV+. The molecule has 0 saturated heterocycles. The number of hydrogen-bond donors (Lipinski definition) is 0. The second-order valence-corrected chi connectivity index (χ2v) is 14.3. The molecule has 1 rings (SSSR count). The van der Waals surface area contributed by atoms with E-state index in [4.69, 9.17) is 0 Å². The topological polar surface area (TPSA) is 3.01 Å². The van der Waals surface area contributed by atoms with Crippen molar-refractivity contribution in [2.24, 2.45) is 0 Å². The molecule has 1 radical (unpaired) electrons. The Morgan fingerprint density at radius 1 is 1.58 bits per heavy atom. The Kier molecular flexibility index (Phi) is 8.88. The molecule has 0 N–H and O–H groups in total. The van der Waals surface area contributed by atoms with Crippen molar-refractivity contribution in [3.8, 4) is 0 Å². The van der Waals surface area contributed by atoms with Crippen LogP contribution in [0.2, 0.25) is 6.82 Å². The van der Waals surface area contributed by atoms with E-state index in [0.717, 1.165) is 0 Å². The molecule has 1 aliphatic rings. The van der Waals surface area contributed by atoms with Gasteiger partial charge in [0.25, 0.3) is 0 Å². The van der Waals surface area contributed by atoms with Crippen LogP contribution in [0, 0.1) is 0 Å². The molecule has 0 aromatic rings. The van der Waals surface area contributed by atoms with Crippen molar-refractivity contribution < 1.29 is 14.0 Å². The molecule has 0 aliphatic carbocycles. The van der Waals surface area contributed by atoms with E-state index < -0.39 is 0 Å². The molecule has 0 aromatic carbocycles. The predicted molar refractivity (Wildman–Crippen MR) is 69.2 cm³/mol. The summed E-state index contributed by atoms with van der Waals surface area (Å²) in [7, 11) is 2.74. The molecule has 1 aliphatic heterocycles. The van der Waals surface area contributed by atoms with E-state index in [1.165, 1.54) is 5.71 Å². The maximum absolute atomic E-state index is 2.37. The van der Waals surface area contributed by atoms with Gasteiger partial charge < -0.3 is 4.49 Å². The van der Waals surface area contributed by atoms with E-state index in [-0.39, 0.29) is 0 Å². The molecule has 0 bridgehead atoms. The van der Waals surface area contributed by atoms with Gasteiger partial charge in [-0.3, -0.25) is 0 Å². The molecule has 0 saturated carbocycles. The molecule has 0 spiro atoms. The van der Waals surface area contributed by atoms with E-state index in [0.29, 0.717) is 15.5 Å². The van der Waals surface area contributed by atoms with Crippen LogP contribution >= 0.6 is 40.0 Å². The van der Waals surface area contributed by atoms with E-state index in [2.05, 4.69) is 84.7 Å². The van der Waals surface area contributed by atoms with Crippen molar-refractivity contribution in [3.05, 3.63) is 12.2 Å². The first-order chi connectivity index (χ1) is 5.67. The monoisotopic (exact) mass is 426 g/mol. The molecule has 1 unspecified atom stereocenters. The summed E-state index contributed by atoms with van der Waals surface area (Å²) in [6.07, 6.45) is 4.36. The van der Waals surface area contributed by atoms with Crippen molar-refractivity contribution in [3.63, 3.8) is 0 Å². The minimum atomic E-state index is 0.565. The quantitative estimate of drug-likeness (QED) is 0.449. The maximum atomic E-state index is 2.37. The van der Waals surface area contributed by atoms with Crippen molar-refractivity contribution in [2.75, 3.05) is 0 Å². The number of hydrogen-bond acceptors (Lipinski definition) is 0. The zero-order valence-electron chi connectivity index (χ0n) is 7.46. The first-order valence-electron chi connectivity index (χ1n) is 3.69. The SMILES string of the molecule is C[B][N+]1=C(C)C=CC1C.[I][V][I]. The van der Waals surface area contributed by atoms with Gasteiger partial charge in [-0.1, -0.05) is 0 Å². The molecule has 1 atom stereocenters. The molecule has 5 heteroatoms. The number of nitrogens with zero attached hydrogens (tertiary/aromatic N) is 1. The summed E-state index contributed by atoms with van der Waals surface area (Å²) in [4.78, 5) is 0. The average Bonchev–Trinajstić information content (AvgIpc) is 2.33. The normalized spacial score (nSPS) is 20.2. The predicted octanol–water partition coefficient (Wildman–Crippen LogP) is 2.85. The van der Waals surface area contributed by atoms with Crippen molar-refractivity contribution in [1.82, 2.24) is 0 Å². The summed E-state index contributed by atoms with van der Waals surface area (Å²) in [5.41, 5.74) is 1.34. The van der Waals surface area contributed by atoms with Crippen LogP contribution in [0.5, 0.6) is 0 Å². The molecule has 0 fully saturated rings. The van der Waals surface area contributed by atoms with Gasteiger partial charge in [0.2, 0.25) is 0 Å². The fraction of sp³-hybridized carbons (Fsp3) is 0.571. The molecule has 1 heterocycles. The Labute approximate surface area is 105 Å². The van der Waals surface area contributed by atoms with Gasteiger partial charge in [0.1, 0.15) is 11.8 Å². The van der Waals surface area contributed by atoms with E-state index in [9.17, 15) is 0 Å². The molecule has 1 nitrogen and oxygen atoms in total. The third kappa shape index (κ3) is 4.67.